The van der Waals surface area contributed by atoms with Gasteiger partial charge < -0.3 is 20.5 Å². The number of hydrogen-bond donors (Lipinski definition) is 3. The molecule has 0 aromatic heterocycles. The van der Waals surface area contributed by atoms with Crippen molar-refractivity contribution in [2.75, 3.05) is 5.32 Å². The first-order valence-electron chi connectivity index (χ1n) is 19.1. The van der Waals surface area contributed by atoms with Crippen LogP contribution in [0.25, 0.3) is 0 Å². The van der Waals surface area contributed by atoms with Gasteiger partial charge in [-0.15, -0.1) is 0 Å². The molecular formula is C42H60N2O6. The van der Waals surface area contributed by atoms with Crippen molar-refractivity contribution >= 4 is 29.4 Å². The van der Waals surface area contributed by atoms with E-state index >= 15 is 0 Å². The molecule has 0 aliphatic heterocycles. The summed E-state index contributed by atoms with van der Waals surface area (Å²) in [5.74, 6) is -0.408. The molecule has 50 heavy (non-hydrogen) atoms. The van der Waals surface area contributed by atoms with Gasteiger partial charge in [0.05, 0.1) is 17.4 Å². The Morgan fingerprint density at radius 1 is 0.940 bits per heavy atom. The highest BCUT2D eigenvalue weighted by Gasteiger charge is 2.69. The lowest BCUT2D eigenvalue weighted by molar-refractivity contribution is -0.214. The zero-order valence-electron chi connectivity index (χ0n) is 31.8. The SMILES string of the molecule is CC(C)C1C(=O)C[C@]2(NC(=O)Nc3ccccc3)CC[C@]3(C)C(=C12)CC[C@@H]1[C@@]2(C)CC[C@H](OC(=O)CC(C)(C)C(=O)O)C(C)(C)[C@@H]2CC[C@]13C. The number of allylic oxidation sites excluding steroid dienone is 1. The highest BCUT2D eigenvalue weighted by molar-refractivity contribution is 5.95. The second-order valence-corrected chi connectivity index (χ2v) is 18.9. The fourth-order valence-electron chi connectivity index (χ4n) is 12.4. The predicted molar refractivity (Wildman–Crippen MR) is 194 cm³/mol. The van der Waals surface area contributed by atoms with Gasteiger partial charge in [-0.2, -0.15) is 0 Å². The number of hydrogen-bond acceptors (Lipinski definition) is 5. The van der Waals surface area contributed by atoms with Gasteiger partial charge in [0, 0.05) is 23.4 Å². The van der Waals surface area contributed by atoms with E-state index in [0.29, 0.717) is 18.3 Å². The van der Waals surface area contributed by atoms with Crippen molar-refractivity contribution in [1.29, 1.82) is 0 Å². The molecule has 274 valence electrons. The van der Waals surface area contributed by atoms with E-state index in [-0.39, 0.29) is 57.8 Å². The molecule has 8 nitrogen and oxygen atoms in total. The Kier molecular flexibility index (Phi) is 8.95. The number of fused-ring (bicyclic) bond motifs is 6. The number of benzene rings is 1. The molecule has 8 heteroatoms. The zero-order valence-corrected chi connectivity index (χ0v) is 31.8. The smallest absolute Gasteiger partial charge is 0.319 e. The Balaban J connectivity index is 1.31. The lowest BCUT2D eigenvalue weighted by atomic mass is 9.34. The number of Topliss-reactive ketones (excluding diaryl/α,β-unsaturated/α-hetero) is 1. The number of ether oxygens (including phenoxy) is 1. The number of urea groups is 1. The summed E-state index contributed by atoms with van der Waals surface area (Å²) >= 11 is 0. The number of carboxylic acid groups (broad SMARTS) is 1. The Morgan fingerprint density at radius 2 is 1.62 bits per heavy atom. The van der Waals surface area contributed by atoms with E-state index in [1.807, 2.05) is 30.3 Å². The quantitative estimate of drug-likeness (QED) is 0.194. The molecule has 0 radical (unpaired) electrons. The summed E-state index contributed by atoms with van der Waals surface area (Å²) in [5.41, 5.74) is 1.24. The molecule has 5 aliphatic carbocycles. The van der Waals surface area contributed by atoms with E-state index in [2.05, 4.69) is 59.1 Å². The second-order valence-electron chi connectivity index (χ2n) is 18.9. The molecule has 0 saturated heterocycles. The molecule has 4 fully saturated rings. The standard InChI is InChI=1S/C42H60N2O6/c1-25(2)33-28(45)23-42(44-36(49)43-26-13-11-10-12-14-26)22-21-40(8)27(34(33)42)15-16-30-39(7)19-18-31(50-32(46)24-37(3,4)35(47)48)38(5,6)29(39)17-20-41(30,40)9/h10-14,25,29-31,33H,15-24H2,1-9H3,(H,47,48)(H2,43,44,49)/t29-,30+,31-,33?,39-,40+,41+,42+/m0/s1. The average Bonchev–Trinajstić information content (AvgIpc) is 3.30. The van der Waals surface area contributed by atoms with E-state index in [9.17, 15) is 24.3 Å². The van der Waals surface area contributed by atoms with E-state index in [1.165, 1.54) is 11.1 Å². The molecular weight excluding hydrogens is 628 g/mol. The average molecular weight is 689 g/mol. The third-order valence-electron chi connectivity index (χ3n) is 15.1. The molecule has 1 unspecified atom stereocenters. The maximum atomic E-state index is 13.9. The molecule has 0 spiro atoms. The van der Waals surface area contributed by atoms with E-state index in [4.69, 9.17) is 4.74 Å². The van der Waals surface area contributed by atoms with Gasteiger partial charge in [-0.3, -0.25) is 14.4 Å². The first-order chi connectivity index (χ1) is 23.2. The van der Waals surface area contributed by atoms with Crippen molar-refractivity contribution < 1.29 is 29.0 Å². The first kappa shape index (κ1) is 36.6. The fraction of sp³-hybridized carbons (Fsp3) is 0.714. The van der Waals surface area contributed by atoms with Crippen LogP contribution in [0.3, 0.4) is 0 Å². The summed E-state index contributed by atoms with van der Waals surface area (Å²) in [4.78, 5) is 52.3. The van der Waals surface area contributed by atoms with Gasteiger partial charge in [0.25, 0.3) is 0 Å². The molecule has 5 aliphatic rings. The van der Waals surface area contributed by atoms with Gasteiger partial charge in [-0.1, -0.05) is 72.2 Å². The van der Waals surface area contributed by atoms with Crippen LogP contribution in [0.5, 0.6) is 0 Å². The van der Waals surface area contributed by atoms with Crippen molar-refractivity contribution in [3.05, 3.63) is 41.5 Å². The van der Waals surface area contributed by atoms with E-state index < -0.39 is 22.9 Å². The van der Waals surface area contributed by atoms with Gasteiger partial charge in [0.15, 0.2) is 0 Å². The Bertz CT molecular complexity index is 1600. The van der Waals surface area contributed by atoms with Gasteiger partial charge in [-0.25, -0.2) is 4.79 Å². The minimum Gasteiger partial charge on any atom is -0.481 e. The number of amides is 2. The fourth-order valence-corrected chi connectivity index (χ4v) is 12.4. The number of aliphatic carboxylic acids is 1. The van der Waals surface area contributed by atoms with E-state index in [0.717, 1.165) is 57.1 Å². The highest BCUT2D eigenvalue weighted by atomic mass is 16.5. The van der Waals surface area contributed by atoms with Crippen LogP contribution in [-0.4, -0.2) is 40.5 Å². The Morgan fingerprint density at radius 3 is 2.26 bits per heavy atom. The molecule has 8 atom stereocenters. The lowest BCUT2D eigenvalue weighted by Gasteiger charge is -2.70. The number of ketones is 1. The Labute approximate surface area is 299 Å². The summed E-state index contributed by atoms with van der Waals surface area (Å²) in [6.45, 7) is 19.5. The number of carbonyl (C=O) groups is 4. The van der Waals surface area contributed by atoms with Gasteiger partial charge in [-0.05, 0) is 117 Å². The number of nitrogens with one attached hydrogen (secondary N) is 2. The van der Waals surface area contributed by atoms with Gasteiger partial charge in [0.1, 0.15) is 11.9 Å². The third kappa shape index (κ3) is 5.53. The number of carbonyl (C=O) groups excluding carboxylic acids is 3. The summed E-state index contributed by atoms with van der Waals surface area (Å²) in [6, 6.07) is 9.23. The van der Waals surface area contributed by atoms with Crippen LogP contribution in [0.1, 0.15) is 127 Å². The van der Waals surface area contributed by atoms with Crippen LogP contribution in [0, 0.1) is 50.7 Å². The van der Waals surface area contributed by atoms with Crippen molar-refractivity contribution in [2.24, 2.45) is 50.7 Å². The van der Waals surface area contributed by atoms with Crippen molar-refractivity contribution in [3.63, 3.8) is 0 Å². The van der Waals surface area contributed by atoms with Crippen LogP contribution in [0.15, 0.2) is 41.5 Å². The highest BCUT2D eigenvalue weighted by Crippen LogP contribution is 2.75. The minimum absolute atomic E-state index is 0.00949. The van der Waals surface area contributed by atoms with E-state index in [1.54, 1.807) is 13.8 Å². The van der Waals surface area contributed by atoms with Crippen LogP contribution in [0.2, 0.25) is 0 Å². The van der Waals surface area contributed by atoms with Crippen LogP contribution in [-0.2, 0) is 19.1 Å². The van der Waals surface area contributed by atoms with Gasteiger partial charge in [0.2, 0.25) is 0 Å². The number of carboxylic acids is 1. The summed E-state index contributed by atoms with van der Waals surface area (Å²) < 4.78 is 6.14. The largest absolute Gasteiger partial charge is 0.481 e. The topological polar surface area (TPSA) is 122 Å². The summed E-state index contributed by atoms with van der Waals surface area (Å²) in [7, 11) is 0. The molecule has 0 bridgehead atoms. The summed E-state index contributed by atoms with van der Waals surface area (Å²) in [6.07, 6.45) is 7.40. The zero-order chi connectivity index (χ0) is 36.7. The molecule has 0 heterocycles. The number of anilines is 1. The monoisotopic (exact) mass is 688 g/mol. The molecule has 6 rings (SSSR count). The third-order valence-corrected chi connectivity index (χ3v) is 15.1. The molecule has 3 N–H and O–H groups in total. The maximum absolute atomic E-state index is 13.9. The number of rotatable bonds is 7. The second kappa shape index (κ2) is 12.2. The normalized spacial score (nSPS) is 37.6. The van der Waals surface area contributed by atoms with Crippen LogP contribution >= 0.6 is 0 Å². The van der Waals surface area contributed by atoms with Crippen molar-refractivity contribution in [3.8, 4) is 0 Å². The predicted octanol–water partition coefficient (Wildman–Crippen LogP) is 8.95. The minimum atomic E-state index is -1.17. The number of para-hydroxylation sites is 1. The number of esters is 1. The molecule has 1 aromatic rings. The van der Waals surface area contributed by atoms with Crippen LogP contribution in [0.4, 0.5) is 10.5 Å². The molecule has 4 saturated carbocycles. The summed E-state index contributed by atoms with van der Waals surface area (Å²) in [5, 5.41) is 16.0. The molecule has 2 amide bonds. The van der Waals surface area contributed by atoms with Crippen molar-refractivity contribution in [2.45, 2.75) is 138 Å². The van der Waals surface area contributed by atoms with Crippen LogP contribution < -0.4 is 10.6 Å². The maximum Gasteiger partial charge on any atom is 0.319 e. The Hall–Kier alpha value is -3.16. The van der Waals surface area contributed by atoms with Crippen molar-refractivity contribution in [1.82, 2.24) is 5.32 Å². The lowest BCUT2D eigenvalue weighted by Crippen LogP contribution is -2.65. The first-order valence-corrected chi connectivity index (χ1v) is 19.1. The van der Waals surface area contributed by atoms with Gasteiger partial charge >= 0.3 is 18.0 Å². The molecule has 1 aromatic carbocycles.